The van der Waals surface area contributed by atoms with Crippen LogP contribution in [0.25, 0.3) is 0 Å². The molecule has 1 rings (SSSR count). The molecule has 2 atom stereocenters. The number of hydrogen-bond donors (Lipinski definition) is 1. The fourth-order valence-corrected chi connectivity index (χ4v) is 1.54. The third-order valence-corrected chi connectivity index (χ3v) is 2.33. The van der Waals surface area contributed by atoms with Gasteiger partial charge in [-0.1, -0.05) is 13.3 Å². The van der Waals surface area contributed by atoms with E-state index in [2.05, 4.69) is 6.92 Å². The third-order valence-electron chi connectivity index (χ3n) is 2.33. The van der Waals surface area contributed by atoms with Gasteiger partial charge in [-0.3, -0.25) is 0 Å². The van der Waals surface area contributed by atoms with Crippen LogP contribution in [0.2, 0.25) is 0 Å². The Morgan fingerprint density at radius 3 is 2.82 bits per heavy atom. The molecule has 2 heteroatoms. The van der Waals surface area contributed by atoms with Gasteiger partial charge >= 0.3 is 0 Å². The van der Waals surface area contributed by atoms with Gasteiger partial charge in [0.2, 0.25) is 0 Å². The zero-order valence-electron chi connectivity index (χ0n) is 7.38. The van der Waals surface area contributed by atoms with Crippen molar-refractivity contribution in [1.29, 1.82) is 0 Å². The summed E-state index contributed by atoms with van der Waals surface area (Å²) in [7, 11) is 0. The average Bonchev–Trinajstić information content (AvgIpc) is 2.37. The Bertz CT molecular complexity index is 106. The van der Waals surface area contributed by atoms with Crippen LogP contribution in [0.4, 0.5) is 0 Å². The predicted molar refractivity (Wildman–Crippen MR) is 46.5 cm³/mol. The molecular weight excluding hydrogens is 138 g/mol. The van der Waals surface area contributed by atoms with Crippen molar-refractivity contribution in [1.82, 2.24) is 0 Å². The van der Waals surface area contributed by atoms with E-state index in [-0.39, 0.29) is 0 Å². The van der Waals surface area contributed by atoms with Gasteiger partial charge in [-0.2, -0.15) is 0 Å². The number of unbranched alkanes of at least 4 members (excludes halogenated alkanes) is 1. The summed E-state index contributed by atoms with van der Waals surface area (Å²) < 4.78 is 5.63. The quantitative estimate of drug-likeness (QED) is 0.630. The van der Waals surface area contributed by atoms with Gasteiger partial charge in [-0.15, -0.1) is 0 Å². The molecule has 66 valence electrons. The molecule has 1 aliphatic rings. The maximum Gasteiger partial charge on any atom is 0.0725 e. The summed E-state index contributed by atoms with van der Waals surface area (Å²) in [5.41, 5.74) is 5.84. The lowest BCUT2D eigenvalue weighted by Crippen LogP contribution is -2.31. The van der Waals surface area contributed by atoms with E-state index in [1.807, 2.05) is 0 Å². The first-order valence-electron chi connectivity index (χ1n) is 4.71. The minimum Gasteiger partial charge on any atom is -0.377 e. The third kappa shape index (κ3) is 2.80. The van der Waals surface area contributed by atoms with Crippen LogP contribution in [0.5, 0.6) is 0 Å². The minimum atomic E-state index is 0.312. The highest BCUT2D eigenvalue weighted by Crippen LogP contribution is 2.20. The zero-order valence-corrected chi connectivity index (χ0v) is 7.38. The summed E-state index contributed by atoms with van der Waals surface area (Å²) in [6.45, 7) is 3.08. The van der Waals surface area contributed by atoms with Gasteiger partial charge in [0.15, 0.2) is 0 Å². The maximum atomic E-state index is 5.84. The number of nitrogens with two attached hydrogens (primary N) is 1. The molecule has 0 aliphatic heterocycles. The Hall–Kier alpha value is -0.0800. The number of ether oxygens (including phenoxy) is 1. The SMILES string of the molecule is CCCCO[C@H]1CCC[C@@H]1N. The van der Waals surface area contributed by atoms with E-state index in [9.17, 15) is 0 Å². The Balaban J connectivity index is 2.05. The first kappa shape index (κ1) is 9.01. The van der Waals surface area contributed by atoms with E-state index in [4.69, 9.17) is 10.5 Å². The second-order valence-corrected chi connectivity index (χ2v) is 3.36. The van der Waals surface area contributed by atoms with Gasteiger partial charge in [0, 0.05) is 12.6 Å². The van der Waals surface area contributed by atoms with Crippen LogP contribution >= 0.6 is 0 Å². The summed E-state index contributed by atoms with van der Waals surface area (Å²) in [6, 6.07) is 0.312. The second-order valence-electron chi connectivity index (χ2n) is 3.36. The Morgan fingerprint density at radius 2 is 2.27 bits per heavy atom. The van der Waals surface area contributed by atoms with Gasteiger partial charge in [0.05, 0.1) is 6.10 Å². The summed E-state index contributed by atoms with van der Waals surface area (Å²) in [5.74, 6) is 0. The molecule has 1 fully saturated rings. The van der Waals surface area contributed by atoms with Crippen molar-refractivity contribution in [3.05, 3.63) is 0 Å². The molecule has 2 nitrogen and oxygen atoms in total. The molecular formula is C9H19NO. The number of hydrogen-bond acceptors (Lipinski definition) is 2. The van der Waals surface area contributed by atoms with E-state index >= 15 is 0 Å². The molecule has 0 aromatic carbocycles. The van der Waals surface area contributed by atoms with Gasteiger partial charge in [-0.25, -0.2) is 0 Å². The van der Waals surface area contributed by atoms with Gasteiger partial charge in [0.1, 0.15) is 0 Å². The van der Waals surface area contributed by atoms with E-state index in [0.717, 1.165) is 13.0 Å². The van der Waals surface area contributed by atoms with Gasteiger partial charge in [-0.05, 0) is 25.7 Å². The van der Waals surface area contributed by atoms with Crippen LogP contribution in [0.1, 0.15) is 39.0 Å². The molecule has 1 saturated carbocycles. The summed E-state index contributed by atoms with van der Waals surface area (Å²) in [6.07, 6.45) is 6.31. The molecule has 0 unspecified atom stereocenters. The smallest absolute Gasteiger partial charge is 0.0725 e. The van der Waals surface area contributed by atoms with Crippen LogP contribution in [0.3, 0.4) is 0 Å². The van der Waals surface area contributed by atoms with Gasteiger partial charge < -0.3 is 10.5 Å². The zero-order chi connectivity index (χ0) is 8.10. The van der Waals surface area contributed by atoms with Crippen molar-refractivity contribution in [2.24, 2.45) is 5.73 Å². The number of rotatable bonds is 4. The largest absolute Gasteiger partial charge is 0.377 e. The van der Waals surface area contributed by atoms with Crippen molar-refractivity contribution < 1.29 is 4.74 Å². The van der Waals surface area contributed by atoms with E-state index in [1.54, 1.807) is 0 Å². The molecule has 1 aliphatic carbocycles. The Kier molecular flexibility index (Phi) is 3.87. The molecule has 0 aromatic rings. The normalized spacial score (nSPS) is 31.1. The molecule has 0 heterocycles. The molecule has 0 radical (unpaired) electrons. The van der Waals surface area contributed by atoms with Crippen LogP contribution in [-0.2, 0) is 4.74 Å². The highest BCUT2D eigenvalue weighted by atomic mass is 16.5. The molecule has 0 saturated heterocycles. The first-order valence-corrected chi connectivity index (χ1v) is 4.71. The fraction of sp³-hybridized carbons (Fsp3) is 1.00. The summed E-state index contributed by atoms with van der Waals surface area (Å²) >= 11 is 0. The monoisotopic (exact) mass is 157 g/mol. The molecule has 0 amide bonds. The van der Waals surface area contributed by atoms with Gasteiger partial charge in [0.25, 0.3) is 0 Å². The second kappa shape index (κ2) is 4.73. The highest BCUT2D eigenvalue weighted by Gasteiger charge is 2.23. The summed E-state index contributed by atoms with van der Waals surface area (Å²) in [4.78, 5) is 0. The van der Waals surface area contributed by atoms with Crippen LogP contribution < -0.4 is 5.73 Å². The minimum absolute atomic E-state index is 0.312. The molecule has 0 spiro atoms. The lowest BCUT2D eigenvalue weighted by molar-refractivity contribution is 0.0463. The van der Waals surface area contributed by atoms with Crippen molar-refractivity contribution in [2.45, 2.75) is 51.2 Å². The molecule has 0 aromatic heterocycles. The highest BCUT2D eigenvalue weighted by molar-refractivity contribution is 4.80. The molecule has 0 bridgehead atoms. The predicted octanol–water partition coefficient (Wildman–Crippen LogP) is 1.68. The van der Waals surface area contributed by atoms with Crippen LogP contribution in [0.15, 0.2) is 0 Å². The molecule has 2 N–H and O–H groups in total. The van der Waals surface area contributed by atoms with Crippen LogP contribution in [-0.4, -0.2) is 18.8 Å². The lowest BCUT2D eigenvalue weighted by Gasteiger charge is -2.15. The van der Waals surface area contributed by atoms with Crippen molar-refractivity contribution >= 4 is 0 Å². The van der Waals surface area contributed by atoms with E-state index in [1.165, 1.54) is 25.7 Å². The Labute approximate surface area is 69.1 Å². The van der Waals surface area contributed by atoms with Crippen molar-refractivity contribution in [2.75, 3.05) is 6.61 Å². The van der Waals surface area contributed by atoms with E-state index in [0.29, 0.717) is 12.1 Å². The van der Waals surface area contributed by atoms with Crippen molar-refractivity contribution in [3.63, 3.8) is 0 Å². The topological polar surface area (TPSA) is 35.2 Å². The first-order chi connectivity index (χ1) is 5.34. The standard InChI is InChI=1S/C9H19NO/c1-2-3-7-11-9-6-4-5-8(9)10/h8-9H,2-7,10H2,1H3/t8-,9-/m0/s1. The Morgan fingerprint density at radius 1 is 1.45 bits per heavy atom. The summed E-state index contributed by atoms with van der Waals surface area (Å²) in [5, 5.41) is 0. The lowest BCUT2D eigenvalue weighted by atomic mass is 10.2. The van der Waals surface area contributed by atoms with Crippen LogP contribution in [0, 0.1) is 0 Å². The van der Waals surface area contributed by atoms with Crippen molar-refractivity contribution in [3.8, 4) is 0 Å². The van der Waals surface area contributed by atoms with E-state index < -0.39 is 0 Å². The average molecular weight is 157 g/mol. The maximum absolute atomic E-state index is 5.84. The molecule has 11 heavy (non-hydrogen) atoms. The fourth-order valence-electron chi connectivity index (χ4n) is 1.54.